The Kier molecular flexibility index (Phi) is 3.59. The highest BCUT2D eigenvalue weighted by molar-refractivity contribution is 5.85. The van der Waals surface area contributed by atoms with Gasteiger partial charge in [0.1, 0.15) is 0 Å². The van der Waals surface area contributed by atoms with Gasteiger partial charge in [0.05, 0.1) is 6.21 Å². The summed E-state index contributed by atoms with van der Waals surface area (Å²) < 4.78 is 0. The van der Waals surface area contributed by atoms with Crippen molar-refractivity contribution in [3.8, 4) is 0 Å². The van der Waals surface area contributed by atoms with Gasteiger partial charge in [-0.15, -0.1) is 0 Å². The fourth-order valence-electron chi connectivity index (χ4n) is 2.35. The van der Waals surface area contributed by atoms with Crippen molar-refractivity contribution in [2.45, 2.75) is 12.3 Å². The van der Waals surface area contributed by atoms with E-state index in [1.54, 1.807) is 6.21 Å². The van der Waals surface area contributed by atoms with Gasteiger partial charge in [-0.3, -0.25) is 4.79 Å². The standard InChI is InChI=1S/C17H16N2O/c20-17(19-18-12-13-7-3-1-4-8-13)16-11-15(16)14-9-5-2-6-10-14/h1-10,12,15-16H,11H2,(H,19,20)/b18-12-/t15-,16+/m0/s1. The van der Waals surface area contributed by atoms with E-state index in [1.807, 2.05) is 48.5 Å². The van der Waals surface area contributed by atoms with Crippen LogP contribution in [0.15, 0.2) is 65.8 Å². The average Bonchev–Trinajstić information content (AvgIpc) is 3.30. The number of hydrazone groups is 1. The molecule has 2 aromatic carbocycles. The molecule has 1 amide bonds. The molecular formula is C17H16N2O. The molecule has 1 saturated carbocycles. The zero-order valence-corrected chi connectivity index (χ0v) is 11.1. The summed E-state index contributed by atoms with van der Waals surface area (Å²) >= 11 is 0. The lowest BCUT2D eigenvalue weighted by atomic mass is 10.1. The van der Waals surface area contributed by atoms with Crippen LogP contribution in [-0.2, 0) is 4.79 Å². The smallest absolute Gasteiger partial charge is 0.243 e. The Morgan fingerprint density at radius 1 is 1.05 bits per heavy atom. The minimum atomic E-state index is 0.00559. The molecule has 0 unspecified atom stereocenters. The Bertz CT molecular complexity index is 607. The molecule has 2 aromatic rings. The minimum Gasteiger partial charge on any atom is -0.273 e. The van der Waals surface area contributed by atoms with Crippen molar-refractivity contribution >= 4 is 12.1 Å². The second-order valence-electron chi connectivity index (χ2n) is 5.00. The molecule has 0 saturated heterocycles. The highest BCUT2D eigenvalue weighted by atomic mass is 16.2. The number of nitrogens with zero attached hydrogens (tertiary/aromatic N) is 1. The molecule has 0 bridgehead atoms. The number of carbonyl (C=O) groups is 1. The lowest BCUT2D eigenvalue weighted by molar-refractivity contribution is -0.122. The fraction of sp³-hybridized carbons (Fsp3) is 0.176. The van der Waals surface area contributed by atoms with Crippen LogP contribution in [0.25, 0.3) is 0 Å². The molecular weight excluding hydrogens is 248 g/mol. The molecule has 20 heavy (non-hydrogen) atoms. The molecule has 100 valence electrons. The van der Waals surface area contributed by atoms with E-state index in [2.05, 4.69) is 22.7 Å². The number of nitrogens with one attached hydrogen (secondary N) is 1. The van der Waals surface area contributed by atoms with E-state index < -0.39 is 0 Å². The first-order valence-electron chi connectivity index (χ1n) is 6.77. The van der Waals surface area contributed by atoms with Crippen molar-refractivity contribution in [1.82, 2.24) is 5.43 Å². The van der Waals surface area contributed by atoms with Crippen LogP contribution in [0.3, 0.4) is 0 Å². The van der Waals surface area contributed by atoms with Gasteiger partial charge in [-0.25, -0.2) is 5.43 Å². The molecule has 0 radical (unpaired) electrons. The molecule has 0 aromatic heterocycles. The van der Waals surface area contributed by atoms with Gasteiger partial charge >= 0.3 is 0 Å². The molecule has 3 heteroatoms. The van der Waals surface area contributed by atoms with Crippen molar-refractivity contribution in [3.05, 3.63) is 71.8 Å². The van der Waals surface area contributed by atoms with E-state index in [-0.39, 0.29) is 11.8 Å². The molecule has 0 aliphatic heterocycles. The zero-order valence-electron chi connectivity index (χ0n) is 11.1. The quantitative estimate of drug-likeness (QED) is 0.669. The molecule has 1 fully saturated rings. The van der Waals surface area contributed by atoms with Crippen LogP contribution in [0.1, 0.15) is 23.5 Å². The summed E-state index contributed by atoms with van der Waals surface area (Å²) in [7, 11) is 0. The third-order valence-corrected chi connectivity index (χ3v) is 3.54. The summed E-state index contributed by atoms with van der Waals surface area (Å²) in [5, 5.41) is 4.01. The first kappa shape index (κ1) is 12.6. The first-order valence-corrected chi connectivity index (χ1v) is 6.77. The Labute approximate surface area is 118 Å². The normalized spacial score (nSPS) is 20.8. The van der Waals surface area contributed by atoms with Crippen molar-refractivity contribution in [1.29, 1.82) is 0 Å². The maximum Gasteiger partial charge on any atom is 0.243 e. The van der Waals surface area contributed by atoms with Gasteiger partial charge in [-0.2, -0.15) is 5.10 Å². The van der Waals surface area contributed by atoms with E-state index in [9.17, 15) is 4.79 Å². The number of carbonyl (C=O) groups excluding carboxylic acids is 1. The first-order chi connectivity index (χ1) is 9.84. The number of benzene rings is 2. The van der Waals surface area contributed by atoms with Crippen LogP contribution < -0.4 is 5.43 Å². The second-order valence-corrected chi connectivity index (χ2v) is 5.00. The summed E-state index contributed by atoms with van der Waals surface area (Å²) in [6, 6.07) is 19.9. The Balaban J connectivity index is 1.53. The number of amides is 1. The van der Waals surface area contributed by atoms with Crippen molar-refractivity contribution in [2.75, 3.05) is 0 Å². The summed E-state index contributed by atoms with van der Waals surface area (Å²) in [5.74, 6) is 0.416. The van der Waals surface area contributed by atoms with Crippen LogP contribution in [-0.4, -0.2) is 12.1 Å². The van der Waals surface area contributed by atoms with Gasteiger partial charge in [0, 0.05) is 5.92 Å². The number of rotatable bonds is 4. The predicted molar refractivity (Wildman–Crippen MR) is 79.5 cm³/mol. The third kappa shape index (κ3) is 2.94. The molecule has 2 atom stereocenters. The van der Waals surface area contributed by atoms with Crippen molar-refractivity contribution < 1.29 is 4.79 Å². The van der Waals surface area contributed by atoms with E-state index in [0.717, 1.165) is 12.0 Å². The maximum absolute atomic E-state index is 12.0. The van der Waals surface area contributed by atoms with Gasteiger partial charge in [-0.1, -0.05) is 60.7 Å². The van der Waals surface area contributed by atoms with Crippen molar-refractivity contribution in [3.63, 3.8) is 0 Å². The average molecular weight is 264 g/mol. The summed E-state index contributed by atoms with van der Waals surface area (Å²) in [6.45, 7) is 0. The minimum absolute atomic E-state index is 0.00559. The van der Waals surface area contributed by atoms with Gasteiger partial charge in [0.2, 0.25) is 5.91 Å². The van der Waals surface area contributed by atoms with Gasteiger partial charge in [0.25, 0.3) is 0 Å². The SMILES string of the molecule is O=C(N/N=C\c1ccccc1)[C@@H]1C[C@H]1c1ccccc1. The molecule has 3 nitrogen and oxygen atoms in total. The lowest BCUT2D eigenvalue weighted by Crippen LogP contribution is -2.20. The highest BCUT2D eigenvalue weighted by Gasteiger charge is 2.43. The summed E-state index contributed by atoms with van der Waals surface area (Å²) in [5.41, 5.74) is 4.83. The number of hydrogen-bond acceptors (Lipinski definition) is 2. The predicted octanol–water partition coefficient (Wildman–Crippen LogP) is 2.94. The topological polar surface area (TPSA) is 41.5 Å². The molecule has 0 heterocycles. The van der Waals surface area contributed by atoms with Crippen LogP contribution in [0.5, 0.6) is 0 Å². The van der Waals surface area contributed by atoms with Crippen LogP contribution in [0, 0.1) is 5.92 Å². The Morgan fingerprint density at radius 2 is 1.70 bits per heavy atom. The zero-order chi connectivity index (χ0) is 13.8. The van der Waals surface area contributed by atoms with E-state index in [1.165, 1.54) is 5.56 Å². The third-order valence-electron chi connectivity index (χ3n) is 3.54. The monoisotopic (exact) mass is 264 g/mol. The second kappa shape index (κ2) is 5.70. The maximum atomic E-state index is 12.0. The Hall–Kier alpha value is -2.42. The molecule has 3 rings (SSSR count). The van der Waals surface area contributed by atoms with Crippen LogP contribution >= 0.6 is 0 Å². The molecule has 1 aliphatic rings. The van der Waals surface area contributed by atoms with Crippen LogP contribution in [0.4, 0.5) is 0 Å². The fourth-order valence-corrected chi connectivity index (χ4v) is 2.35. The van der Waals surface area contributed by atoms with Gasteiger partial charge < -0.3 is 0 Å². The Morgan fingerprint density at radius 3 is 2.40 bits per heavy atom. The highest BCUT2D eigenvalue weighted by Crippen LogP contribution is 2.47. The molecule has 1 N–H and O–H groups in total. The van der Waals surface area contributed by atoms with Gasteiger partial charge in [-0.05, 0) is 23.5 Å². The van der Waals surface area contributed by atoms with Gasteiger partial charge in [0.15, 0.2) is 0 Å². The lowest BCUT2D eigenvalue weighted by Gasteiger charge is -2.00. The summed E-state index contributed by atoms with van der Waals surface area (Å²) in [4.78, 5) is 12.0. The molecule has 0 spiro atoms. The number of hydrogen-bond donors (Lipinski definition) is 1. The van der Waals surface area contributed by atoms with E-state index in [4.69, 9.17) is 0 Å². The summed E-state index contributed by atoms with van der Waals surface area (Å²) in [6.07, 6.45) is 2.58. The van der Waals surface area contributed by atoms with Crippen LogP contribution in [0.2, 0.25) is 0 Å². The van der Waals surface area contributed by atoms with E-state index >= 15 is 0 Å². The molecule has 1 aliphatic carbocycles. The van der Waals surface area contributed by atoms with Crippen molar-refractivity contribution in [2.24, 2.45) is 11.0 Å². The van der Waals surface area contributed by atoms with E-state index in [0.29, 0.717) is 5.92 Å². The largest absolute Gasteiger partial charge is 0.273 e.